The summed E-state index contributed by atoms with van der Waals surface area (Å²) >= 11 is 4.79. The van der Waals surface area contributed by atoms with Gasteiger partial charge in [0.1, 0.15) is 4.88 Å². The lowest BCUT2D eigenvalue weighted by atomic mass is 10.1. The van der Waals surface area contributed by atoms with Crippen molar-refractivity contribution in [3.63, 3.8) is 0 Å². The van der Waals surface area contributed by atoms with Gasteiger partial charge in [-0.15, -0.1) is 11.3 Å². The van der Waals surface area contributed by atoms with Gasteiger partial charge in [0, 0.05) is 11.0 Å². The number of benzene rings is 1. The molecule has 1 aromatic heterocycles. The first kappa shape index (κ1) is 12.3. The number of halogens is 1. The number of carbonyl (C=O) groups is 1. The maximum atomic E-state index is 11.9. The van der Waals surface area contributed by atoms with Crippen LogP contribution in [0.25, 0.3) is 0 Å². The number of nitrogens with one attached hydrogen (secondary N) is 1. The third-order valence-corrected chi connectivity index (χ3v) is 4.20. The highest BCUT2D eigenvalue weighted by atomic mass is 79.9. The summed E-state index contributed by atoms with van der Waals surface area (Å²) in [6, 6.07) is 10.0. The van der Waals surface area contributed by atoms with Crippen molar-refractivity contribution in [3.05, 3.63) is 56.2 Å². The normalized spacial score (nSPS) is 10.2. The molecule has 4 heteroatoms. The monoisotopic (exact) mass is 309 g/mol. The van der Waals surface area contributed by atoms with Gasteiger partial charge in [0.2, 0.25) is 0 Å². The molecule has 0 fully saturated rings. The summed E-state index contributed by atoms with van der Waals surface area (Å²) in [5, 5.41) is 4.81. The molecule has 0 unspecified atom stereocenters. The Morgan fingerprint density at radius 1 is 1.41 bits per heavy atom. The van der Waals surface area contributed by atoms with Gasteiger partial charge >= 0.3 is 0 Å². The van der Waals surface area contributed by atoms with Crippen molar-refractivity contribution in [2.75, 3.05) is 0 Å². The highest BCUT2D eigenvalue weighted by Crippen LogP contribution is 2.22. The second-order valence-electron chi connectivity index (χ2n) is 3.77. The topological polar surface area (TPSA) is 29.1 Å². The first-order chi connectivity index (χ1) is 8.16. The highest BCUT2D eigenvalue weighted by molar-refractivity contribution is 9.10. The van der Waals surface area contributed by atoms with Crippen LogP contribution in [0.1, 0.15) is 20.8 Å². The van der Waals surface area contributed by atoms with Gasteiger partial charge < -0.3 is 5.32 Å². The molecule has 0 bridgehead atoms. The van der Waals surface area contributed by atoms with Crippen molar-refractivity contribution in [3.8, 4) is 0 Å². The van der Waals surface area contributed by atoms with E-state index < -0.39 is 0 Å². The van der Waals surface area contributed by atoms with E-state index >= 15 is 0 Å². The smallest absolute Gasteiger partial charge is 0.262 e. The Morgan fingerprint density at radius 2 is 2.24 bits per heavy atom. The maximum Gasteiger partial charge on any atom is 0.262 e. The lowest BCUT2D eigenvalue weighted by molar-refractivity contribution is 0.0954. The van der Waals surface area contributed by atoms with Gasteiger partial charge in [0.05, 0.1) is 0 Å². The summed E-state index contributed by atoms with van der Waals surface area (Å²) in [7, 11) is 0. The zero-order valence-corrected chi connectivity index (χ0v) is 11.8. The Kier molecular flexibility index (Phi) is 3.97. The summed E-state index contributed by atoms with van der Waals surface area (Å²) in [6.45, 7) is 2.60. The number of aryl methyl sites for hydroxylation is 1. The molecule has 0 saturated carbocycles. The molecule has 88 valence electrons. The van der Waals surface area contributed by atoms with Gasteiger partial charge in [-0.2, -0.15) is 0 Å². The fraction of sp³-hybridized carbons (Fsp3) is 0.154. The Labute approximate surface area is 113 Å². The fourth-order valence-corrected chi connectivity index (χ4v) is 3.01. The number of hydrogen-bond acceptors (Lipinski definition) is 2. The van der Waals surface area contributed by atoms with Crippen LogP contribution >= 0.6 is 27.3 Å². The molecule has 0 aliphatic rings. The molecule has 0 spiro atoms. The van der Waals surface area contributed by atoms with Crippen LogP contribution in [0.2, 0.25) is 0 Å². The molecule has 1 N–H and O–H groups in total. The fourth-order valence-electron chi connectivity index (χ4n) is 1.54. The Hall–Kier alpha value is -1.13. The second kappa shape index (κ2) is 5.47. The molecule has 1 amide bonds. The number of amides is 1. The quantitative estimate of drug-likeness (QED) is 0.919. The van der Waals surface area contributed by atoms with Crippen LogP contribution in [0.4, 0.5) is 0 Å². The van der Waals surface area contributed by atoms with Crippen LogP contribution in [0.3, 0.4) is 0 Å². The number of rotatable bonds is 3. The van der Waals surface area contributed by atoms with Crippen LogP contribution in [0.5, 0.6) is 0 Å². The number of thiophene rings is 1. The van der Waals surface area contributed by atoms with Crippen LogP contribution in [0.15, 0.2) is 40.2 Å². The zero-order valence-electron chi connectivity index (χ0n) is 9.37. The van der Waals surface area contributed by atoms with E-state index in [1.54, 1.807) is 0 Å². The second-order valence-corrected chi connectivity index (χ2v) is 5.54. The van der Waals surface area contributed by atoms with Gasteiger partial charge in [-0.1, -0.05) is 29.8 Å². The average molecular weight is 310 g/mol. The largest absolute Gasteiger partial charge is 0.347 e. The molecule has 0 aliphatic carbocycles. The molecule has 2 rings (SSSR count). The molecule has 1 aromatic carbocycles. The van der Waals surface area contributed by atoms with E-state index in [0.717, 1.165) is 14.9 Å². The minimum atomic E-state index is -0.0339. The molecule has 0 radical (unpaired) electrons. The highest BCUT2D eigenvalue weighted by Gasteiger charge is 2.10. The van der Waals surface area contributed by atoms with Gasteiger partial charge in [-0.25, -0.2) is 0 Å². The van der Waals surface area contributed by atoms with E-state index in [1.807, 2.05) is 36.6 Å². The molecule has 2 nitrogen and oxygen atoms in total. The van der Waals surface area contributed by atoms with Crippen LogP contribution in [-0.4, -0.2) is 5.91 Å². The van der Waals surface area contributed by atoms with E-state index in [4.69, 9.17) is 0 Å². The first-order valence-corrected chi connectivity index (χ1v) is 6.91. The predicted octanol–water partition coefficient (Wildman–Crippen LogP) is 3.75. The number of carbonyl (C=O) groups excluding carboxylic acids is 1. The van der Waals surface area contributed by atoms with Gasteiger partial charge in [0.15, 0.2) is 0 Å². The van der Waals surface area contributed by atoms with Gasteiger partial charge in [-0.05, 0) is 39.9 Å². The summed E-state index contributed by atoms with van der Waals surface area (Å²) in [4.78, 5) is 12.6. The summed E-state index contributed by atoms with van der Waals surface area (Å²) < 4.78 is 0.851. The summed E-state index contributed by atoms with van der Waals surface area (Å²) in [5.41, 5.74) is 2.32. The van der Waals surface area contributed by atoms with E-state index in [1.165, 1.54) is 16.9 Å². The predicted molar refractivity (Wildman–Crippen MR) is 74.4 cm³/mol. The SMILES string of the molecule is Cc1cccc(CNC(=O)c2sccc2Br)c1. The number of hydrogen-bond donors (Lipinski definition) is 1. The summed E-state index contributed by atoms with van der Waals surface area (Å²) in [6.07, 6.45) is 0. The molecule has 0 aliphatic heterocycles. The molecule has 2 aromatic rings. The molecule has 1 heterocycles. The van der Waals surface area contributed by atoms with Crippen molar-refractivity contribution in [2.24, 2.45) is 0 Å². The van der Waals surface area contributed by atoms with Crippen molar-refractivity contribution in [1.29, 1.82) is 0 Å². The molecular formula is C13H12BrNOS. The molecule has 0 atom stereocenters. The summed E-state index contributed by atoms with van der Waals surface area (Å²) in [5.74, 6) is -0.0339. The molecular weight excluding hydrogens is 298 g/mol. The standard InChI is InChI=1S/C13H12BrNOS/c1-9-3-2-4-10(7-9)8-15-13(16)12-11(14)5-6-17-12/h2-7H,8H2,1H3,(H,15,16). The van der Waals surface area contributed by atoms with Crippen molar-refractivity contribution in [1.82, 2.24) is 5.32 Å². The van der Waals surface area contributed by atoms with Crippen molar-refractivity contribution < 1.29 is 4.79 Å². The van der Waals surface area contributed by atoms with E-state index in [2.05, 4.69) is 27.3 Å². The van der Waals surface area contributed by atoms with Crippen molar-refractivity contribution in [2.45, 2.75) is 13.5 Å². The zero-order chi connectivity index (χ0) is 12.3. The Morgan fingerprint density at radius 3 is 2.88 bits per heavy atom. The van der Waals surface area contributed by atoms with Gasteiger partial charge in [-0.3, -0.25) is 4.79 Å². The van der Waals surface area contributed by atoms with Gasteiger partial charge in [0.25, 0.3) is 5.91 Å². The Bertz CT molecular complexity index is 536. The molecule has 17 heavy (non-hydrogen) atoms. The lowest BCUT2D eigenvalue weighted by Crippen LogP contribution is -2.22. The third kappa shape index (κ3) is 3.17. The third-order valence-electron chi connectivity index (χ3n) is 2.36. The average Bonchev–Trinajstić information content (AvgIpc) is 2.72. The first-order valence-electron chi connectivity index (χ1n) is 5.23. The molecule has 0 saturated heterocycles. The lowest BCUT2D eigenvalue weighted by Gasteiger charge is -2.05. The van der Waals surface area contributed by atoms with Crippen LogP contribution in [-0.2, 0) is 6.54 Å². The van der Waals surface area contributed by atoms with E-state index in [9.17, 15) is 4.79 Å². The maximum absolute atomic E-state index is 11.9. The van der Waals surface area contributed by atoms with E-state index in [0.29, 0.717) is 6.54 Å². The minimum absolute atomic E-state index is 0.0339. The van der Waals surface area contributed by atoms with Crippen molar-refractivity contribution >= 4 is 33.2 Å². The van der Waals surface area contributed by atoms with Crippen LogP contribution < -0.4 is 5.32 Å². The minimum Gasteiger partial charge on any atom is -0.347 e. The Balaban J connectivity index is 1.99. The van der Waals surface area contributed by atoms with Crippen LogP contribution in [0, 0.1) is 6.92 Å². The van der Waals surface area contributed by atoms with E-state index in [-0.39, 0.29) is 5.91 Å².